The summed E-state index contributed by atoms with van der Waals surface area (Å²) in [5, 5.41) is 18.0. The Morgan fingerprint density at radius 3 is 1.38 bits per heavy atom. The third-order valence-corrected chi connectivity index (χ3v) is 2.31. The molecule has 2 atom stereocenters. The average molecular weight is 230 g/mol. The molecule has 0 radical (unpaired) electrons. The third-order valence-electron chi connectivity index (χ3n) is 2.31. The molecule has 0 saturated carbocycles. The van der Waals surface area contributed by atoms with E-state index >= 15 is 0 Å². The first-order valence-corrected chi connectivity index (χ1v) is 5.16. The largest absolute Gasteiger partial charge is 0.396 e. The van der Waals surface area contributed by atoms with Crippen molar-refractivity contribution in [1.29, 1.82) is 0 Å². The molecule has 0 heterocycles. The van der Waals surface area contributed by atoms with Crippen LogP contribution in [0.4, 0.5) is 0 Å². The van der Waals surface area contributed by atoms with Gasteiger partial charge in [-0.2, -0.15) is 0 Å². The first kappa shape index (κ1) is 14.9. The highest BCUT2D eigenvalue weighted by molar-refractivity contribution is 5.91. The Morgan fingerprint density at radius 1 is 0.875 bits per heavy atom. The van der Waals surface area contributed by atoms with Crippen LogP contribution in [-0.2, 0) is 14.4 Å². The number of hydrogen-bond donors (Lipinski definition) is 2. The predicted molar refractivity (Wildman–Crippen MR) is 56.8 cm³/mol. The molecule has 0 aromatic heterocycles. The average Bonchev–Trinajstić information content (AvgIpc) is 2.20. The summed E-state index contributed by atoms with van der Waals surface area (Å²) in [6, 6.07) is 0. The highest BCUT2D eigenvalue weighted by Gasteiger charge is 2.27. The van der Waals surface area contributed by atoms with Crippen LogP contribution in [0.5, 0.6) is 0 Å². The minimum Gasteiger partial charge on any atom is -0.396 e. The van der Waals surface area contributed by atoms with E-state index in [9.17, 15) is 14.4 Å². The standard InChI is InChI=1S/C11H18O5/c1-7(14)3-9(5-12)11(16)10(6-13)4-8(2)15/h9-10,12-13H,3-6H2,1-2H3. The monoisotopic (exact) mass is 230 g/mol. The fraction of sp³-hybridized carbons (Fsp3) is 0.727. The van der Waals surface area contributed by atoms with Gasteiger partial charge in [0.05, 0.1) is 13.2 Å². The summed E-state index contributed by atoms with van der Waals surface area (Å²) in [5.41, 5.74) is 0. The first-order chi connectivity index (χ1) is 7.42. The third kappa shape index (κ3) is 5.14. The van der Waals surface area contributed by atoms with Gasteiger partial charge in [0.2, 0.25) is 0 Å². The van der Waals surface area contributed by atoms with E-state index in [1.807, 2.05) is 0 Å². The Morgan fingerprint density at radius 2 is 1.19 bits per heavy atom. The smallest absolute Gasteiger partial charge is 0.144 e. The Labute approximate surface area is 94.5 Å². The maximum absolute atomic E-state index is 11.8. The number of aliphatic hydroxyl groups is 2. The summed E-state index contributed by atoms with van der Waals surface area (Å²) in [5.74, 6) is -2.45. The molecule has 2 unspecified atom stereocenters. The summed E-state index contributed by atoms with van der Waals surface area (Å²) < 4.78 is 0. The second kappa shape index (κ2) is 7.24. The lowest BCUT2D eigenvalue weighted by Gasteiger charge is -2.17. The summed E-state index contributed by atoms with van der Waals surface area (Å²) in [6.45, 7) is 1.78. The van der Waals surface area contributed by atoms with Gasteiger partial charge in [-0.1, -0.05) is 0 Å². The van der Waals surface area contributed by atoms with Gasteiger partial charge >= 0.3 is 0 Å². The van der Waals surface area contributed by atoms with Gasteiger partial charge in [-0.25, -0.2) is 0 Å². The summed E-state index contributed by atoms with van der Waals surface area (Å²) in [4.78, 5) is 33.5. The zero-order chi connectivity index (χ0) is 12.7. The van der Waals surface area contributed by atoms with Crippen LogP contribution in [0.2, 0.25) is 0 Å². The molecule has 5 nitrogen and oxygen atoms in total. The van der Waals surface area contributed by atoms with Crippen molar-refractivity contribution in [1.82, 2.24) is 0 Å². The maximum atomic E-state index is 11.8. The molecule has 0 aliphatic heterocycles. The molecule has 0 aliphatic rings. The van der Waals surface area contributed by atoms with Crippen molar-refractivity contribution < 1.29 is 24.6 Å². The minimum absolute atomic E-state index is 0.0518. The van der Waals surface area contributed by atoms with Crippen LogP contribution in [0.3, 0.4) is 0 Å². The second-order valence-electron chi connectivity index (χ2n) is 3.97. The zero-order valence-corrected chi connectivity index (χ0v) is 9.60. The lowest BCUT2D eigenvalue weighted by Crippen LogP contribution is -2.31. The summed E-state index contributed by atoms with van der Waals surface area (Å²) in [6.07, 6.45) is -0.104. The molecule has 0 saturated heterocycles. The van der Waals surface area contributed by atoms with Gasteiger partial charge < -0.3 is 19.8 Å². The number of ketones is 3. The Balaban J connectivity index is 4.56. The van der Waals surface area contributed by atoms with Crippen LogP contribution in [0.1, 0.15) is 26.7 Å². The number of Topliss-reactive ketones (excluding diaryl/α,β-unsaturated/α-hetero) is 3. The number of aliphatic hydroxyl groups excluding tert-OH is 2. The lowest BCUT2D eigenvalue weighted by molar-refractivity contribution is -0.134. The minimum atomic E-state index is -0.811. The van der Waals surface area contributed by atoms with Gasteiger partial charge in [0.1, 0.15) is 17.3 Å². The van der Waals surface area contributed by atoms with E-state index in [4.69, 9.17) is 10.2 Å². The highest BCUT2D eigenvalue weighted by Crippen LogP contribution is 2.15. The molecule has 5 heteroatoms. The molecule has 0 amide bonds. The van der Waals surface area contributed by atoms with Crippen LogP contribution in [-0.4, -0.2) is 40.8 Å². The molecule has 16 heavy (non-hydrogen) atoms. The molecule has 0 spiro atoms. The van der Waals surface area contributed by atoms with E-state index in [1.165, 1.54) is 13.8 Å². The Bertz CT molecular complexity index is 246. The van der Waals surface area contributed by atoms with Gasteiger partial charge in [0.15, 0.2) is 0 Å². The van der Waals surface area contributed by atoms with Crippen molar-refractivity contribution in [2.75, 3.05) is 13.2 Å². The van der Waals surface area contributed by atoms with Crippen LogP contribution in [0, 0.1) is 11.8 Å². The topological polar surface area (TPSA) is 91.7 Å². The van der Waals surface area contributed by atoms with Gasteiger partial charge in [-0.3, -0.25) is 4.79 Å². The quantitative estimate of drug-likeness (QED) is 0.599. The number of carbonyl (C=O) groups excluding carboxylic acids is 3. The Kier molecular flexibility index (Phi) is 6.76. The van der Waals surface area contributed by atoms with E-state index in [0.29, 0.717) is 0 Å². The van der Waals surface area contributed by atoms with E-state index in [2.05, 4.69) is 0 Å². The van der Waals surface area contributed by atoms with Crippen molar-refractivity contribution in [3.63, 3.8) is 0 Å². The van der Waals surface area contributed by atoms with E-state index in [-0.39, 0.29) is 24.4 Å². The zero-order valence-electron chi connectivity index (χ0n) is 9.60. The van der Waals surface area contributed by atoms with Crippen molar-refractivity contribution >= 4 is 17.3 Å². The van der Waals surface area contributed by atoms with Crippen molar-refractivity contribution in [2.24, 2.45) is 11.8 Å². The highest BCUT2D eigenvalue weighted by atomic mass is 16.3. The summed E-state index contributed by atoms with van der Waals surface area (Å²) in [7, 11) is 0. The van der Waals surface area contributed by atoms with Gasteiger partial charge in [-0.05, 0) is 13.8 Å². The van der Waals surface area contributed by atoms with E-state index in [1.54, 1.807) is 0 Å². The van der Waals surface area contributed by atoms with E-state index < -0.39 is 30.8 Å². The van der Waals surface area contributed by atoms with Crippen molar-refractivity contribution in [3.05, 3.63) is 0 Å². The van der Waals surface area contributed by atoms with Crippen molar-refractivity contribution in [2.45, 2.75) is 26.7 Å². The second-order valence-corrected chi connectivity index (χ2v) is 3.97. The molecule has 0 aliphatic carbocycles. The molecule has 0 aromatic rings. The van der Waals surface area contributed by atoms with Crippen LogP contribution >= 0.6 is 0 Å². The molecule has 2 N–H and O–H groups in total. The molecule has 0 aromatic carbocycles. The van der Waals surface area contributed by atoms with Crippen LogP contribution in [0.15, 0.2) is 0 Å². The SMILES string of the molecule is CC(=O)CC(CO)C(=O)C(CO)CC(C)=O. The lowest BCUT2D eigenvalue weighted by atomic mass is 9.87. The number of hydrogen-bond acceptors (Lipinski definition) is 5. The van der Waals surface area contributed by atoms with Crippen molar-refractivity contribution in [3.8, 4) is 0 Å². The van der Waals surface area contributed by atoms with Gasteiger partial charge in [-0.15, -0.1) is 0 Å². The molecule has 0 bridgehead atoms. The number of carbonyl (C=O) groups is 3. The van der Waals surface area contributed by atoms with Crippen LogP contribution < -0.4 is 0 Å². The molecule has 0 rings (SSSR count). The van der Waals surface area contributed by atoms with E-state index in [0.717, 1.165) is 0 Å². The number of rotatable bonds is 8. The molecular weight excluding hydrogens is 212 g/mol. The van der Waals surface area contributed by atoms with Gasteiger partial charge in [0.25, 0.3) is 0 Å². The van der Waals surface area contributed by atoms with Crippen LogP contribution in [0.25, 0.3) is 0 Å². The maximum Gasteiger partial charge on any atom is 0.144 e. The predicted octanol–water partition coefficient (Wildman–Crippen LogP) is -0.269. The molecule has 92 valence electrons. The fourth-order valence-corrected chi connectivity index (χ4v) is 1.54. The van der Waals surface area contributed by atoms with Gasteiger partial charge in [0, 0.05) is 24.7 Å². The molecule has 0 fully saturated rings. The first-order valence-electron chi connectivity index (χ1n) is 5.16. The Hall–Kier alpha value is -1.07. The normalized spacial score (nSPS) is 14.2. The molecular formula is C11H18O5. The summed E-state index contributed by atoms with van der Waals surface area (Å²) >= 11 is 0. The fourth-order valence-electron chi connectivity index (χ4n) is 1.54.